The number of ether oxygens (including phenoxy) is 1. The zero-order valence-corrected chi connectivity index (χ0v) is 11.2. The number of rotatable bonds is 6. The van der Waals surface area contributed by atoms with E-state index in [1.54, 1.807) is 0 Å². The molecule has 1 aliphatic rings. The Balaban J connectivity index is 2.10. The molecule has 2 amide bonds. The Hall–Kier alpha value is -1.10. The molecule has 1 rings (SSSR count). The number of hydrogen-bond donors (Lipinski definition) is 2. The predicted molar refractivity (Wildman–Crippen MR) is 69.1 cm³/mol. The third-order valence-electron chi connectivity index (χ3n) is 3.10. The van der Waals surface area contributed by atoms with Crippen molar-refractivity contribution in [2.24, 2.45) is 0 Å². The van der Waals surface area contributed by atoms with Crippen molar-refractivity contribution in [2.75, 3.05) is 19.8 Å². The maximum absolute atomic E-state index is 11.6. The second kappa shape index (κ2) is 8.91. The highest BCUT2D eigenvalue weighted by Gasteiger charge is 2.19. The van der Waals surface area contributed by atoms with Crippen LogP contribution < -0.4 is 10.6 Å². The van der Waals surface area contributed by atoms with Gasteiger partial charge in [0.25, 0.3) is 0 Å². The van der Waals surface area contributed by atoms with Crippen molar-refractivity contribution in [3.63, 3.8) is 0 Å². The zero-order chi connectivity index (χ0) is 13.2. The highest BCUT2D eigenvalue weighted by Crippen LogP contribution is 2.17. The van der Waals surface area contributed by atoms with Gasteiger partial charge in [0.2, 0.25) is 0 Å². The summed E-state index contributed by atoms with van der Waals surface area (Å²) in [6.45, 7) is 3.70. The molecule has 1 fully saturated rings. The zero-order valence-electron chi connectivity index (χ0n) is 11.2. The van der Waals surface area contributed by atoms with Gasteiger partial charge >= 0.3 is 11.8 Å². The summed E-state index contributed by atoms with van der Waals surface area (Å²) in [5.41, 5.74) is 0. The van der Waals surface area contributed by atoms with E-state index in [4.69, 9.17) is 4.74 Å². The molecule has 1 aliphatic carbocycles. The molecule has 0 saturated heterocycles. The Kier molecular flexibility index (Phi) is 7.41. The van der Waals surface area contributed by atoms with Gasteiger partial charge in [-0.2, -0.15) is 0 Å². The third kappa shape index (κ3) is 6.00. The van der Waals surface area contributed by atoms with Gasteiger partial charge in [-0.15, -0.1) is 0 Å². The first-order chi connectivity index (χ1) is 8.74. The molecule has 0 bridgehead atoms. The smallest absolute Gasteiger partial charge is 0.309 e. The SMILES string of the molecule is CCOCCCNC(=O)C(=O)NC1CCCCC1. The summed E-state index contributed by atoms with van der Waals surface area (Å²) in [7, 11) is 0. The molecule has 18 heavy (non-hydrogen) atoms. The van der Waals surface area contributed by atoms with Crippen LogP contribution in [-0.2, 0) is 14.3 Å². The van der Waals surface area contributed by atoms with Crippen molar-refractivity contribution < 1.29 is 14.3 Å². The van der Waals surface area contributed by atoms with E-state index in [0.29, 0.717) is 19.8 Å². The minimum absolute atomic E-state index is 0.181. The Bertz CT molecular complexity index is 263. The minimum atomic E-state index is -0.530. The minimum Gasteiger partial charge on any atom is -0.382 e. The standard InChI is InChI=1S/C13H24N2O3/c1-2-18-10-6-9-14-12(16)13(17)15-11-7-4-3-5-8-11/h11H,2-10H2,1H3,(H,14,16)(H,15,17). The second-order valence-electron chi connectivity index (χ2n) is 4.61. The number of nitrogens with one attached hydrogen (secondary N) is 2. The van der Waals surface area contributed by atoms with Crippen molar-refractivity contribution in [3.8, 4) is 0 Å². The summed E-state index contributed by atoms with van der Waals surface area (Å²) >= 11 is 0. The molecule has 2 N–H and O–H groups in total. The largest absolute Gasteiger partial charge is 0.382 e. The number of carbonyl (C=O) groups excluding carboxylic acids is 2. The van der Waals surface area contributed by atoms with Gasteiger partial charge in [0.1, 0.15) is 0 Å². The summed E-state index contributed by atoms with van der Waals surface area (Å²) < 4.78 is 5.15. The molecule has 0 aromatic heterocycles. The molecular weight excluding hydrogens is 232 g/mol. The molecule has 5 heteroatoms. The Morgan fingerprint density at radius 3 is 2.56 bits per heavy atom. The average Bonchev–Trinajstić information content (AvgIpc) is 2.39. The van der Waals surface area contributed by atoms with Crippen molar-refractivity contribution in [3.05, 3.63) is 0 Å². The molecule has 0 spiro atoms. The molecule has 0 atom stereocenters. The predicted octanol–water partition coefficient (Wildman–Crippen LogP) is 0.978. The lowest BCUT2D eigenvalue weighted by Crippen LogP contribution is -2.45. The van der Waals surface area contributed by atoms with E-state index in [0.717, 1.165) is 32.1 Å². The van der Waals surface area contributed by atoms with Gasteiger partial charge in [0.05, 0.1) is 0 Å². The van der Waals surface area contributed by atoms with Gasteiger partial charge in [0.15, 0.2) is 0 Å². The number of carbonyl (C=O) groups is 2. The van der Waals surface area contributed by atoms with Gasteiger partial charge in [0, 0.05) is 25.8 Å². The molecule has 1 saturated carbocycles. The molecular formula is C13H24N2O3. The van der Waals surface area contributed by atoms with Crippen LogP contribution in [0, 0.1) is 0 Å². The van der Waals surface area contributed by atoms with Crippen LogP contribution in [0.2, 0.25) is 0 Å². The van der Waals surface area contributed by atoms with Crippen LogP contribution in [0.15, 0.2) is 0 Å². The van der Waals surface area contributed by atoms with Gasteiger partial charge < -0.3 is 15.4 Å². The lowest BCUT2D eigenvalue weighted by atomic mass is 9.95. The first-order valence-corrected chi connectivity index (χ1v) is 6.90. The molecule has 0 unspecified atom stereocenters. The van der Waals surface area contributed by atoms with E-state index in [2.05, 4.69) is 10.6 Å². The quantitative estimate of drug-likeness (QED) is 0.550. The van der Waals surface area contributed by atoms with Crippen LogP contribution in [0.1, 0.15) is 45.4 Å². The van der Waals surface area contributed by atoms with Crippen LogP contribution in [0.3, 0.4) is 0 Å². The van der Waals surface area contributed by atoms with E-state index in [1.165, 1.54) is 6.42 Å². The van der Waals surface area contributed by atoms with Gasteiger partial charge in [-0.05, 0) is 26.2 Å². The van der Waals surface area contributed by atoms with E-state index in [-0.39, 0.29) is 6.04 Å². The summed E-state index contributed by atoms with van der Waals surface area (Å²) in [6.07, 6.45) is 6.22. The molecule has 5 nitrogen and oxygen atoms in total. The highest BCUT2D eigenvalue weighted by atomic mass is 16.5. The van der Waals surface area contributed by atoms with Crippen LogP contribution in [0.25, 0.3) is 0 Å². The van der Waals surface area contributed by atoms with E-state index in [1.807, 2.05) is 6.92 Å². The lowest BCUT2D eigenvalue weighted by molar-refractivity contribution is -0.139. The summed E-state index contributed by atoms with van der Waals surface area (Å²) in [4.78, 5) is 23.1. The van der Waals surface area contributed by atoms with Gasteiger partial charge in [-0.1, -0.05) is 19.3 Å². The van der Waals surface area contributed by atoms with Gasteiger partial charge in [-0.25, -0.2) is 0 Å². The molecule has 0 aromatic rings. The Morgan fingerprint density at radius 2 is 1.89 bits per heavy atom. The maximum atomic E-state index is 11.6. The fourth-order valence-electron chi connectivity index (χ4n) is 2.10. The summed E-state index contributed by atoms with van der Waals surface area (Å²) in [5.74, 6) is -1.03. The lowest BCUT2D eigenvalue weighted by Gasteiger charge is -2.22. The van der Waals surface area contributed by atoms with Crippen LogP contribution in [-0.4, -0.2) is 37.6 Å². The normalized spacial score (nSPS) is 16.3. The van der Waals surface area contributed by atoms with Crippen molar-refractivity contribution >= 4 is 11.8 Å². The Labute approximate surface area is 109 Å². The van der Waals surface area contributed by atoms with Crippen molar-refractivity contribution in [1.29, 1.82) is 0 Å². The number of amides is 2. The first-order valence-electron chi connectivity index (χ1n) is 6.90. The van der Waals surface area contributed by atoms with Gasteiger partial charge in [-0.3, -0.25) is 9.59 Å². The topological polar surface area (TPSA) is 67.4 Å². The fourth-order valence-corrected chi connectivity index (χ4v) is 2.10. The highest BCUT2D eigenvalue weighted by molar-refractivity contribution is 6.35. The van der Waals surface area contributed by atoms with Crippen LogP contribution >= 0.6 is 0 Å². The molecule has 0 aliphatic heterocycles. The monoisotopic (exact) mass is 256 g/mol. The number of hydrogen-bond acceptors (Lipinski definition) is 3. The molecule has 0 radical (unpaired) electrons. The van der Waals surface area contributed by atoms with Crippen LogP contribution in [0.5, 0.6) is 0 Å². The molecule has 104 valence electrons. The first kappa shape index (κ1) is 15.0. The molecule has 0 aromatic carbocycles. The fraction of sp³-hybridized carbons (Fsp3) is 0.846. The van der Waals surface area contributed by atoms with E-state index >= 15 is 0 Å². The third-order valence-corrected chi connectivity index (χ3v) is 3.10. The summed E-state index contributed by atoms with van der Waals surface area (Å²) in [6, 6.07) is 0.181. The average molecular weight is 256 g/mol. The van der Waals surface area contributed by atoms with E-state index in [9.17, 15) is 9.59 Å². The van der Waals surface area contributed by atoms with E-state index < -0.39 is 11.8 Å². The van der Waals surface area contributed by atoms with Crippen LogP contribution in [0.4, 0.5) is 0 Å². The molecule has 0 heterocycles. The summed E-state index contributed by atoms with van der Waals surface area (Å²) in [5, 5.41) is 5.39. The van der Waals surface area contributed by atoms with Crippen molar-refractivity contribution in [2.45, 2.75) is 51.5 Å². The Morgan fingerprint density at radius 1 is 1.17 bits per heavy atom. The van der Waals surface area contributed by atoms with Crippen molar-refractivity contribution in [1.82, 2.24) is 10.6 Å². The second-order valence-corrected chi connectivity index (χ2v) is 4.61. The maximum Gasteiger partial charge on any atom is 0.309 e.